The third-order valence-electron chi connectivity index (χ3n) is 2.77. The number of amides is 1. The smallest absolute Gasteiger partial charge is 0.275 e. The lowest BCUT2D eigenvalue weighted by Crippen LogP contribution is -2.13. The Bertz CT molecular complexity index is 578. The molecule has 0 spiro atoms. The van der Waals surface area contributed by atoms with Crippen molar-refractivity contribution in [2.45, 2.75) is 26.3 Å². The van der Waals surface area contributed by atoms with Gasteiger partial charge in [-0.05, 0) is 23.6 Å². The van der Waals surface area contributed by atoms with Crippen molar-refractivity contribution >= 4 is 22.9 Å². The van der Waals surface area contributed by atoms with E-state index < -0.39 is 0 Å². The van der Waals surface area contributed by atoms with E-state index in [1.54, 1.807) is 5.38 Å². The van der Waals surface area contributed by atoms with Crippen LogP contribution in [0, 0.1) is 0 Å². The van der Waals surface area contributed by atoms with E-state index in [1.807, 2.05) is 18.2 Å². The molecule has 100 valence electrons. The highest BCUT2D eigenvalue weighted by Gasteiger charge is 2.11. The second-order valence-corrected chi connectivity index (χ2v) is 5.51. The Morgan fingerprint density at radius 1 is 1.47 bits per heavy atom. The highest BCUT2D eigenvalue weighted by Crippen LogP contribution is 2.19. The number of hydrogen-bond donors (Lipinski definition) is 2. The highest BCUT2D eigenvalue weighted by molar-refractivity contribution is 7.09. The van der Waals surface area contributed by atoms with E-state index in [9.17, 15) is 4.79 Å². The maximum absolute atomic E-state index is 12.0. The molecule has 1 aromatic carbocycles. The Hall–Kier alpha value is -1.72. The van der Waals surface area contributed by atoms with Gasteiger partial charge < -0.3 is 11.1 Å². The average Bonchev–Trinajstić information content (AvgIpc) is 2.88. The third kappa shape index (κ3) is 3.39. The van der Waals surface area contributed by atoms with Crippen molar-refractivity contribution in [2.75, 3.05) is 5.32 Å². The summed E-state index contributed by atoms with van der Waals surface area (Å²) in [7, 11) is 0. The van der Waals surface area contributed by atoms with Gasteiger partial charge in [0.2, 0.25) is 0 Å². The fraction of sp³-hybridized carbons (Fsp3) is 0.286. The standard InChI is InChI=1S/C14H17N3OS/c1-9(2)10-4-3-5-11(6-10)16-14(18)12-8-19-13(7-15)17-12/h3-6,8-9H,7,15H2,1-2H3,(H,16,18). The first-order chi connectivity index (χ1) is 9.10. The lowest BCUT2D eigenvalue weighted by molar-refractivity contribution is 0.102. The van der Waals surface area contributed by atoms with Gasteiger partial charge in [-0.15, -0.1) is 11.3 Å². The lowest BCUT2D eigenvalue weighted by atomic mass is 10.0. The van der Waals surface area contributed by atoms with E-state index in [2.05, 4.69) is 30.2 Å². The molecule has 19 heavy (non-hydrogen) atoms. The number of rotatable bonds is 4. The third-order valence-corrected chi connectivity index (χ3v) is 3.64. The Kier molecular flexibility index (Phi) is 4.29. The van der Waals surface area contributed by atoms with Gasteiger partial charge in [-0.25, -0.2) is 4.98 Å². The van der Waals surface area contributed by atoms with Gasteiger partial charge in [0, 0.05) is 17.6 Å². The Morgan fingerprint density at radius 3 is 2.89 bits per heavy atom. The quantitative estimate of drug-likeness (QED) is 0.901. The number of nitrogens with one attached hydrogen (secondary N) is 1. The molecule has 0 unspecified atom stereocenters. The van der Waals surface area contributed by atoms with Crippen LogP contribution >= 0.6 is 11.3 Å². The maximum Gasteiger partial charge on any atom is 0.275 e. The maximum atomic E-state index is 12.0. The van der Waals surface area contributed by atoms with Gasteiger partial charge in [0.15, 0.2) is 0 Å². The molecule has 0 aliphatic carbocycles. The van der Waals surface area contributed by atoms with Crippen molar-refractivity contribution < 1.29 is 4.79 Å². The minimum absolute atomic E-state index is 0.197. The van der Waals surface area contributed by atoms with Gasteiger partial charge in [-0.2, -0.15) is 0 Å². The molecule has 0 bridgehead atoms. The predicted molar refractivity (Wildman–Crippen MR) is 78.5 cm³/mol. The molecule has 1 aromatic heterocycles. The summed E-state index contributed by atoms with van der Waals surface area (Å²) < 4.78 is 0. The molecule has 3 N–H and O–H groups in total. The molecular formula is C14H17N3OS. The lowest BCUT2D eigenvalue weighted by Gasteiger charge is -2.08. The first-order valence-corrected chi connectivity index (χ1v) is 7.04. The van der Waals surface area contributed by atoms with Crippen LogP contribution in [0.15, 0.2) is 29.6 Å². The molecule has 0 aliphatic heterocycles. The van der Waals surface area contributed by atoms with Crippen LogP contribution in [0.5, 0.6) is 0 Å². The van der Waals surface area contributed by atoms with Crippen LogP contribution in [-0.2, 0) is 6.54 Å². The Balaban J connectivity index is 2.12. The molecule has 4 nitrogen and oxygen atoms in total. The molecule has 2 aromatic rings. The van der Waals surface area contributed by atoms with E-state index in [0.29, 0.717) is 18.2 Å². The zero-order chi connectivity index (χ0) is 13.8. The first kappa shape index (κ1) is 13.7. The summed E-state index contributed by atoms with van der Waals surface area (Å²) in [6.45, 7) is 4.60. The van der Waals surface area contributed by atoms with Crippen LogP contribution in [0.25, 0.3) is 0 Å². The Labute approximate surface area is 116 Å². The molecule has 1 heterocycles. The topological polar surface area (TPSA) is 68.0 Å². The van der Waals surface area contributed by atoms with E-state index in [4.69, 9.17) is 5.73 Å². The number of aromatic nitrogens is 1. The Morgan fingerprint density at radius 2 is 2.26 bits per heavy atom. The number of nitrogens with two attached hydrogens (primary N) is 1. The molecule has 0 atom stereocenters. The molecule has 0 saturated heterocycles. The zero-order valence-electron chi connectivity index (χ0n) is 11.0. The minimum atomic E-state index is -0.197. The van der Waals surface area contributed by atoms with Crippen LogP contribution < -0.4 is 11.1 Å². The average molecular weight is 275 g/mol. The molecule has 0 saturated carbocycles. The summed E-state index contributed by atoms with van der Waals surface area (Å²) in [5.41, 5.74) is 7.89. The number of benzene rings is 1. The van der Waals surface area contributed by atoms with E-state index in [-0.39, 0.29) is 5.91 Å². The molecule has 1 amide bonds. The summed E-state index contributed by atoms with van der Waals surface area (Å²) in [5.74, 6) is 0.233. The molecule has 2 rings (SSSR count). The van der Waals surface area contributed by atoms with Crippen molar-refractivity contribution in [1.29, 1.82) is 0 Å². The molecule has 0 fully saturated rings. The van der Waals surface area contributed by atoms with Crippen molar-refractivity contribution in [2.24, 2.45) is 5.73 Å². The zero-order valence-corrected chi connectivity index (χ0v) is 11.8. The van der Waals surface area contributed by atoms with Gasteiger partial charge in [0.1, 0.15) is 10.7 Å². The summed E-state index contributed by atoms with van der Waals surface area (Å²) >= 11 is 1.40. The first-order valence-electron chi connectivity index (χ1n) is 6.16. The SMILES string of the molecule is CC(C)c1cccc(NC(=O)c2csc(CN)n2)c1. The fourth-order valence-electron chi connectivity index (χ4n) is 1.68. The number of nitrogens with zero attached hydrogens (tertiary/aromatic N) is 1. The van der Waals surface area contributed by atoms with Gasteiger partial charge in [-0.1, -0.05) is 26.0 Å². The van der Waals surface area contributed by atoms with Crippen LogP contribution in [-0.4, -0.2) is 10.9 Å². The summed E-state index contributed by atoms with van der Waals surface area (Å²) in [5, 5.41) is 5.35. The number of hydrogen-bond acceptors (Lipinski definition) is 4. The van der Waals surface area contributed by atoms with Gasteiger partial charge in [0.25, 0.3) is 5.91 Å². The van der Waals surface area contributed by atoms with Crippen molar-refractivity contribution in [3.63, 3.8) is 0 Å². The van der Waals surface area contributed by atoms with Gasteiger partial charge >= 0.3 is 0 Å². The number of anilines is 1. The second kappa shape index (κ2) is 5.95. The monoisotopic (exact) mass is 275 g/mol. The largest absolute Gasteiger partial charge is 0.325 e. The van der Waals surface area contributed by atoms with Gasteiger partial charge in [-0.3, -0.25) is 4.79 Å². The number of thiazole rings is 1. The summed E-state index contributed by atoms with van der Waals surface area (Å²) in [6.07, 6.45) is 0. The van der Waals surface area contributed by atoms with E-state index in [0.717, 1.165) is 10.7 Å². The predicted octanol–water partition coefficient (Wildman–Crippen LogP) is 2.98. The molecule has 5 heteroatoms. The number of carbonyl (C=O) groups is 1. The van der Waals surface area contributed by atoms with Gasteiger partial charge in [0.05, 0.1) is 0 Å². The van der Waals surface area contributed by atoms with Crippen molar-refractivity contribution in [3.8, 4) is 0 Å². The van der Waals surface area contributed by atoms with Crippen molar-refractivity contribution in [1.82, 2.24) is 4.98 Å². The molecular weight excluding hydrogens is 258 g/mol. The highest BCUT2D eigenvalue weighted by atomic mass is 32.1. The van der Waals surface area contributed by atoms with Crippen LogP contribution in [0.3, 0.4) is 0 Å². The molecule has 0 aliphatic rings. The minimum Gasteiger partial charge on any atom is -0.325 e. The van der Waals surface area contributed by atoms with Crippen molar-refractivity contribution in [3.05, 3.63) is 45.9 Å². The summed E-state index contributed by atoms with van der Waals surface area (Å²) in [6, 6.07) is 7.85. The normalized spacial score (nSPS) is 10.7. The van der Waals surface area contributed by atoms with E-state index in [1.165, 1.54) is 16.9 Å². The summed E-state index contributed by atoms with van der Waals surface area (Å²) in [4.78, 5) is 16.2. The molecule has 0 radical (unpaired) electrons. The second-order valence-electron chi connectivity index (χ2n) is 4.56. The van der Waals surface area contributed by atoms with Crippen LogP contribution in [0.4, 0.5) is 5.69 Å². The van der Waals surface area contributed by atoms with Crippen LogP contribution in [0.2, 0.25) is 0 Å². The number of carbonyl (C=O) groups excluding carboxylic acids is 1. The van der Waals surface area contributed by atoms with Crippen LogP contribution in [0.1, 0.15) is 40.8 Å². The van der Waals surface area contributed by atoms with E-state index >= 15 is 0 Å². The fourth-order valence-corrected chi connectivity index (χ4v) is 2.33.